The average Bonchev–Trinajstić information content (AvgIpc) is 2.39. The largest absolute Gasteiger partial charge is 0.382 e. The molecule has 2 heterocycles. The van der Waals surface area contributed by atoms with Gasteiger partial charge in [-0.05, 0) is 12.8 Å². The molecule has 1 unspecified atom stereocenters. The Hall–Kier alpha value is -1.85. The lowest BCUT2D eigenvalue weighted by Crippen LogP contribution is -2.42. The van der Waals surface area contributed by atoms with Crippen LogP contribution in [0.25, 0.3) is 0 Å². The Bertz CT molecular complexity index is 391. The molecule has 3 N–H and O–H groups in total. The monoisotopic (exact) mass is 235 g/mol. The molecule has 1 amide bonds. The van der Waals surface area contributed by atoms with Gasteiger partial charge in [0.25, 0.3) is 0 Å². The van der Waals surface area contributed by atoms with Crippen LogP contribution < -0.4 is 16.0 Å². The number of carbonyl (C=O) groups excluding carboxylic acids is 1. The number of aromatic nitrogens is 2. The zero-order valence-corrected chi connectivity index (χ0v) is 9.89. The van der Waals surface area contributed by atoms with Gasteiger partial charge in [-0.3, -0.25) is 4.79 Å². The van der Waals surface area contributed by atoms with Crippen LogP contribution in [0.1, 0.15) is 12.8 Å². The number of carbonyl (C=O) groups is 1. The first-order valence-electron chi connectivity index (χ1n) is 5.74. The van der Waals surface area contributed by atoms with Crippen molar-refractivity contribution in [3.05, 3.63) is 12.4 Å². The van der Waals surface area contributed by atoms with Gasteiger partial charge in [0, 0.05) is 20.1 Å². The summed E-state index contributed by atoms with van der Waals surface area (Å²) in [5.41, 5.74) is 5.50. The van der Waals surface area contributed by atoms with Crippen LogP contribution in [0.4, 0.5) is 11.6 Å². The molecule has 1 aromatic rings. The van der Waals surface area contributed by atoms with E-state index in [1.807, 2.05) is 0 Å². The standard InChI is InChI=1S/C11H17N5O/c1-13-11(17)8-3-2-4-16(7-8)10-6-14-9(12)5-15-10/h5-6,8H,2-4,7H2,1H3,(H2,12,14)(H,13,17). The van der Waals surface area contributed by atoms with Crippen molar-refractivity contribution in [1.29, 1.82) is 0 Å². The van der Waals surface area contributed by atoms with Gasteiger partial charge in [-0.15, -0.1) is 0 Å². The highest BCUT2D eigenvalue weighted by Gasteiger charge is 2.25. The van der Waals surface area contributed by atoms with Crippen LogP contribution in [0, 0.1) is 5.92 Å². The van der Waals surface area contributed by atoms with Crippen molar-refractivity contribution in [2.24, 2.45) is 5.92 Å². The number of amides is 1. The second kappa shape index (κ2) is 4.99. The van der Waals surface area contributed by atoms with Crippen molar-refractivity contribution in [3.63, 3.8) is 0 Å². The van der Waals surface area contributed by atoms with E-state index in [9.17, 15) is 4.79 Å². The molecule has 0 radical (unpaired) electrons. The van der Waals surface area contributed by atoms with Gasteiger partial charge in [-0.1, -0.05) is 0 Å². The molecule has 0 aliphatic carbocycles. The Balaban J connectivity index is 2.06. The highest BCUT2D eigenvalue weighted by atomic mass is 16.1. The van der Waals surface area contributed by atoms with Crippen LogP contribution in [0.3, 0.4) is 0 Å². The number of nitrogens with one attached hydrogen (secondary N) is 1. The summed E-state index contributed by atoms with van der Waals surface area (Å²) < 4.78 is 0. The van der Waals surface area contributed by atoms with Crippen molar-refractivity contribution in [2.45, 2.75) is 12.8 Å². The van der Waals surface area contributed by atoms with E-state index in [1.54, 1.807) is 19.4 Å². The van der Waals surface area contributed by atoms with Gasteiger partial charge in [-0.2, -0.15) is 0 Å². The number of nitrogens with two attached hydrogens (primary N) is 1. The van der Waals surface area contributed by atoms with E-state index < -0.39 is 0 Å². The van der Waals surface area contributed by atoms with Gasteiger partial charge in [0.15, 0.2) is 0 Å². The molecular weight excluding hydrogens is 218 g/mol. The highest BCUT2D eigenvalue weighted by molar-refractivity contribution is 5.79. The second-order valence-electron chi connectivity index (χ2n) is 4.20. The topological polar surface area (TPSA) is 84.1 Å². The first-order valence-corrected chi connectivity index (χ1v) is 5.74. The molecule has 1 aliphatic rings. The van der Waals surface area contributed by atoms with Crippen LogP contribution in [0.15, 0.2) is 12.4 Å². The quantitative estimate of drug-likeness (QED) is 0.755. The van der Waals surface area contributed by atoms with E-state index in [2.05, 4.69) is 20.2 Å². The number of rotatable bonds is 2. The first-order chi connectivity index (χ1) is 8.20. The summed E-state index contributed by atoms with van der Waals surface area (Å²) in [6, 6.07) is 0. The molecule has 2 rings (SSSR count). The maximum absolute atomic E-state index is 11.6. The Morgan fingerprint density at radius 2 is 2.35 bits per heavy atom. The molecule has 1 fully saturated rings. The third kappa shape index (κ3) is 2.64. The fourth-order valence-electron chi connectivity index (χ4n) is 2.10. The fraction of sp³-hybridized carbons (Fsp3) is 0.545. The predicted molar refractivity (Wildman–Crippen MR) is 65.4 cm³/mol. The molecule has 92 valence electrons. The van der Waals surface area contributed by atoms with E-state index in [0.29, 0.717) is 12.4 Å². The predicted octanol–water partition coefficient (Wildman–Crippen LogP) is 0.0212. The molecule has 0 spiro atoms. The van der Waals surface area contributed by atoms with Crippen LogP contribution in [-0.2, 0) is 4.79 Å². The van der Waals surface area contributed by atoms with Crippen LogP contribution in [-0.4, -0.2) is 36.0 Å². The van der Waals surface area contributed by atoms with Crippen molar-refractivity contribution in [2.75, 3.05) is 30.8 Å². The van der Waals surface area contributed by atoms with Crippen molar-refractivity contribution in [3.8, 4) is 0 Å². The van der Waals surface area contributed by atoms with E-state index >= 15 is 0 Å². The number of nitrogen functional groups attached to an aromatic ring is 1. The summed E-state index contributed by atoms with van der Waals surface area (Å²) in [5, 5.41) is 2.69. The Morgan fingerprint density at radius 1 is 1.53 bits per heavy atom. The number of piperidine rings is 1. The molecule has 1 atom stereocenters. The molecule has 17 heavy (non-hydrogen) atoms. The van der Waals surface area contributed by atoms with E-state index in [1.165, 1.54) is 0 Å². The summed E-state index contributed by atoms with van der Waals surface area (Å²) in [6.45, 7) is 1.60. The van der Waals surface area contributed by atoms with Crippen LogP contribution in [0.2, 0.25) is 0 Å². The maximum atomic E-state index is 11.6. The van der Waals surface area contributed by atoms with Crippen LogP contribution >= 0.6 is 0 Å². The molecule has 0 aromatic carbocycles. The summed E-state index contributed by atoms with van der Waals surface area (Å²) in [5.74, 6) is 1.33. The average molecular weight is 235 g/mol. The lowest BCUT2D eigenvalue weighted by Gasteiger charge is -2.32. The van der Waals surface area contributed by atoms with Crippen molar-refractivity contribution < 1.29 is 4.79 Å². The molecule has 1 aromatic heterocycles. The van der Waals surface area contributed by atoms with Crippen molar-refractivity contribution >= 4 is 17.5 Å². The second-order valence-corrected chi connectivity index (χ2v) is 4.20. The van der Waals surface area contributed by atoms with Gasteiger partial charge in [0.2, 0.25) is 5.91 Å². The number of hydrogen-bond acceptors (Lipinski definition) is 5. The van der Waals surface area contributed by atoms with Crippen molar-refractivity contribution in [1.82, 2.24) is 15.3 Å². The summed E-state index contributed by atoms with van der Waals surface area (Å²) >= 11 is 0. The molecule has 6 nitrogen and oxygen atoms in total. The third-order valence-electron chi connectivity index (χ3n) is 3.02. The zero-order valence-electron chi connectivity index (χ0n) is 9.89. The third-order valence-corrected chi connectivity index (χ3v) is 3.02. The SMILES string of the molecule is CNC(=O)C1CCCN(c2cnc(N)cn2)C1. The van der Waals surface area contributed by atoms with Gasteiger partial charge < -0.3 is 16.0 Å². The number of nitrogens with zero attached hydrogens (tertiary/aromatic N) is 3. The minimum Gasteiger partial charge on any atom is -0.382 e. The number of hydrogen-bond donors (Lipinski definition) is 2. The normalized spacial score (nSPS) is 20.1. The van der Waals surface area contributed by atoms with E-state index in [0.717, 1.165) is 25.2 Å². The Kier molecular flexibility index (Phi) is 3.41. The smallest absolute Gasteiger partial charge is 0.224 e. The molecule has 1 aliphatic heterocycles. The lowest BCUT2D eigenvalue weighted by molar-refractivity contribution is -0.124. The first kappa shape index (κ1) is 11.6. The Morgan fingerprint density at radius 3 is 3.00 bits per heavy atom. The summed E-state index contributed by atoms with van der Waals surface area (Å²) in [6.07, 6.45) is 5.11. The van der Waals surface area contributed by atoms with E-state index in [-0.39, 0.29) is 11.8 Å². The van der Waals surface area contributed by atoms with Gasteiger partial charge in [0.1, 0.15) is 11.6 Å². The van der Waals surface area contributed by atoms with Crippen LogP contribution in [0.5, 0.6) is 0 Å². The molecular formula is C11H17N5O. The highest BCUT2D eigenvalue weighted by Crippen LogP contribution is 2.21. The van der Waals surface area contributed by atoms with Gasteiger partial charge >= 0.3 is 0 Å². The van der Waals surface area contributed by atoms with Gasteiger partial charge in [-0.25, -0.2) is 9.97 Å². The lowest BCUT2D eigenvalue weighted by atomic mass is 9.97. The number of anilines is 2. The molecule has 1 saturated heterocycles. The molecule has 6 heteroatoms. The van der Waals surface area contributed by atoms with E-state index in [4.69, 9.17) is 5.73 Å². The summed E-state index contributed by atoms with van der Waals surface area (Å²) in [4.78, 5) is 21.9. The molecule has 0 saturated carbocycles. The maximum Gasteiger partial charge on any atom is 0.224 e. The fourth-order valence-corrected chi connectivity index (χ4v) is 2.10. The minimum atomic E-state index is 0.0353. The Labute approximate surface area is 100 Å². The minimum absolute atomic E-state index is 0.0353. The summed E-state index contributed by atoms with van der Waals surface area (Å²) in [7, 11) is 1.67. The molecule has 0 bridgehead atoms. The zero-order chi connectivity index (χ0) is 12.3. The van der Waals surface area contributed by atoms with Gasteiger partial charge in [0.05, 0.1) is 18.3 Å².